The molecule has 0 aliphatic carbocycles. The standard InChI is InChI=1S/C16H25BrFN3/c1-12(2)11-20-5-7-21(8-6-20)16(10-19)14-9-13(18)3-4-15(14)17/h3-4,9,12,16H,5-8,10-11,19H2,1-2H3. The molecule has 0 bridgehead atoms. The van der Waals surface area contributed by atoms with Gasteiger partial charge >= 0.3 is 0 Å². The van der Waals surface area contributed by atoms with E-state index in [9.17, 15) is 4.39 Å². The van der Waals surface area contributed by atoms with E-state index in [0.717, 1.165) is 42.8 Å². The van der Waals surface area contributed by atoms with Crippen molar-refractivity contribution in [2.45, 2.75) is 19.9 Å². The lowest BCUT2D eigenvalue weighted by Gasteiger charge is -2.40. The van der Waals surface area contributed by atoms with E-state index < -0.39 is 0 Å². The molecule has 2 rings (SSSR count). The molecule has 1 aliphatic heterocycles. The minimum absolute atomic E-state index is 0.0799. The Morgan fingerprint density at radius 3 is 2.48 bits per heavy atom. The van der Waals surface area contributed by atoms with Gasteiger partial charge in [-0.25, -0.2) is 4.39 Å². The van der Waals surface area contributed by atoms with Crippen LogP contribution in [0.5, 0.6) is 0 Å². The molecule has 21 heavy (non-hydrogen) atoms. The molecule has 118 valence electrons. The van der Waals surface area contributed by atoms with Crippen LogP contribution >= 0.6 is 15.9 Å². The molecule has 0 radical (unpaired) electrons. The molecule has 1 saturated heterocycles. The minimum atomic E-state index is -0.204. The SMILES string of the molecule is CC(C)CN1CCN(C(CN)c2cc(F)ccc2Br)CC1. The Kier molecular flexibility index (Phi) is 6.17. The van der Waals surface area contributed by atoms with Crippen molar-refractivity contribution in [3.8, 4) is 0 Å². The molecule has 1 aromatic carbocycles. The van der Waals surface area contributed by atoms with Gasteiger partial charge in [0.2, 0.25) is 0 Å². The average molecular weight is 358 g/mol. The fraction of sp³-hybridized carbons (Fsp3) is 0.625. The Morgan fingerprint density at radius 1 is 1.24 bits per heavy atom. The van der Waals surface area contributed by atoms with Crippen LogP contribution in [0.1, 0.15) is 25.5 Å². The summed E-state index contributed by atoms with van der Waals surface area (Å²) in [7, 11) is 0. The van der Waals surface area contributed by atoms with Gasteiger partial charge in [-0.05, 0) is 29.7 Å². The summed E-state index contributed by atoms with van der Waals surface area (Å²) in [4.78, 5) is 4.87. The van der Waals surface area contributed by atoms with Crippen molar-refractivity contribution in [1.29, 1.82) is 0 Å². The fourth-order valence-electron chi connectivity index (χ4n) is 3.02. The molecule has 1 aromatic rings. The van der Waals surface area contributed by atoms with Gasteiger partial charge in [-0.15, -0.1) is 0 Å². The molecule has 1 aliphatic rings. The van der Waals surface area contributed by atoms with Gasteiger partial charge in [-0.3, -0.25) is 4.90 Å². The maximum Gasteiger partial charge on any atom is 0.123 e. The summed E-state index contributed by atoms with van der Waals surface area (Å²) in [6, 6.07) is 4.92. The molecular weight excluding hydrogens is 333 g/mol. The summed E-state index contributed by atoms with van der Waals surface area (Å²) in [6.07, 6.45) is 0. The summed E-state index contributed by atoms with van der Waals surface area (Å²) in [6.45, 7) is 10.2. The van der Waals surface area contributed by atoms with E-state index >= 15 is 0 Å². The zero-order chi connectivity index (χ0) is 15.4. The van der Waals surface area contributed by atoms with E-state index in [2.05, 4.69) is 39.6 Å². The van der Waals surface area contributed by atoms with Gasteiger partial charge in [0.05, 0.1) is 0 Å². The van der Waals surface area contributed by atoms with Gasteiger partial charge in [0.15, 0.2) is 0 Å². The van der Waals surface area contributed by atoms with Crippen molar-refractivity contribution >= 4 is 15.9 Å². The van der Waals surface area contributed by atoms with E-state index in [1.54, 1.807) is 12.1 Å². The zero-order valence-corrected chi connectivity index (χ0v) is 14.4. The highest BCUT2D eigenvalue weighted by Crippen LogP contribution is 2.29. The molecule has 1 atom stereocenters. The van der Waals surface area contributed by atoms with Crippen molar-refractivity contribution in [1.82, 2.24) is 9.80 Å². The fourth-order valence-corrected chi connectivity index (χ4v) is 3.53. The highest BCUT2D eigenvalue weighted by Gasteiger charge is 2.25. The number of piperazine rings is 1. The lowest BCUT2D eigenvalue weighted by atomic mass is 10.0. The van der Waals surface area contributed by atoms with Crippen molar-refractivity contribution < 1.29 is 4.39 Å². The van der Waals surface area contributed by atoms with Crippen LogP contribution in [-0.2, 0) is 0 Å². The third-order valence-electron chi connectivity index (χ3n) is 4.01. The van der Waals surface area contributed by atoms with Crippen LogP contribution in [0.15, 0.2) is 22.7 Å². The Bertz CT molecular complexity index is 459. The van der Waals surface area contributed by atoms with E-state index in [1.807, 2.05) is 0 Å². The van der Waals surface area contributed by atoms with Crippen molar-refractivity contribution in [2.75, 3.05) is 39.3 Å². The number of hydrogen-bond acceptors (Lipinski definition) is 3. The molecule has 0 aromatic heterocycles. The first-order valence-corrected chi connectivity index (χ1v) is 8.42. The quantitative estimate of drug-likeness (QED) is 0.879. The maximum atomic E-state index is 13.5. The van der Waals surface area contributed by atoms with Gasteiger partial charge in [0.1, 0.15) is 5.82 Å². The van der Waals surface area contributed by atoms with Crippen LogP contribution in [0.25, 0.3) is 0 Å². The van der Waals surface area contributed by atoms with E-state index in [-0.39, 0.29) is 11.9 Å². The topological polar surface area (TPSA) is 32.5 Å². The molecule has 1 fully saturated rings. The predicted octanol–water partition coefficient (Wildman–Crippen LogP) is 2.86. The second-order valence-corrected chi connectivity index (χ2v) is 7.00. The summed E-state index contributed by atoms with van der Waals surface area (Å²) in [5.74, 6) is 0.490. The lowest BCUT2D eigenvalue weighted by molar-refractivity contribution is 0.0909. The first kappa shape index (κ1) is 16.9. The summed E-state index contributed by atoms with van der Waals surface area (Å²) >= 11 is 3.52. The molecule has 2 N–H and O–H groups in total. The van der Waals surface area contributed by atoms with E-state index in [1.165, 1.54) is 6.07 Å². The first-order valence-electron chi connectivity index (χ1n) is 7.62. The normalized spacial score (nSPS) is 19.1. The molecule has 0 amide bonds. The van der Waals surface area contributed by atoms with Gasteiger partial charge < -0.3 is 10.6 Å². The van der Waals surface area contributed by atoms with Crippen LogP contribution in [-0.4, -0.2) is 49.1 Å². The Labute approximate surface area is 135 Å². The summed E-state index contributed by atoms with van der Waals surface area (Å²) in [5.41, 5.74) is 6.92. The molecule has 0 saturated carbocycles. The smallest absolute Gasteiger partial charge is 0.123 e. The number of halogens is 2. The zero-order valence-electron chi connectivity index (χ0n) is 12.9. The van der Waals surface area contributed by atoms with Gasteiger partial charge in [0, 0.05) is 49.8 Å². The first-order chi connectivity index (χ1) is 10.0. The number of benzene rings is 1. The summed E-state index contributed by atoms with van der Waals surface area (Å²) < 4.78 is 14.5. The summed E-state index contributed by atoms with van der Waals surface area (Å²) in [5, 5.41) is 0. The van der Waals surface area contributed by atoms with E-state index in [4.69, 9.17) is 5.73 Å². The van der Waals surface area contributed by atoms with Crippen LogP contribution in [0, 0.1) is 11.7 Å². The third kappa shape index (κ3) is 4.49. The van der Waals surface area contributed by atoms with Crippen LogP contribution in [0.3, 0.4) is 0 Å². The Hall–Kier alpha value is -0.490. The minimum Gasteiger partial charge on any atom is -0.329 e. The largest absolute Gasteiger partial charge is 0.329 e. The number of rotatable bonds is 5. The Balaban J connectivity index is 2.04. The van der Waals surface area contributed by atoms with Crippen LogP contribution in [0.4, 0.5) is 4.39 Å². The molecule has 1 unspecified atom stereocenters. The van der Waals surface area contributed by atoms with Crippen molar-refractivity contribution in [3.63, 3.8) is 0 Å². The Morgan fingerprint density at radius 2 is 1.90 bits per heavy atom. The average Bonchev–Trinajstić information content (AvgIpc) is 2.44. The van der Waals surface area contributed by atoms with Crippen molar-refractivity contribution in [2.24, 2.45) is 11.7 Å². The molecule has 1 heterocycles. The van der Waals surface area contributed by atoms with Crippen LogP contribution < -0.4 is 5.73 Å². The number of hydrogen-bond donors (Lipinski definition) is 1. The second-order valence-electron chi connectivity index (χ2n) is 6.15. The predicted molar refractivity (Wildman–Crippen MR) is 88.7 cm³/mol. The van der Waals surface area contributed by atoms with Crippen LogP contribution in [0.2, 0.25) is 0 Å². The van der Waals surface area contributed by atoms with Gasteiger partial charge in [0.25, 0.3) is 0 Å². The molecule has 3 nitrogen and oxygen atoms in total. The maximum absolute atomic E-state index is 13.5. The molecule has 5 heteroatoms. The highest BCUT2D eigenvalue weighted by molar-refractivity contribution is 9.10. The number of nitrogens with zero attached hydrogens (tertiary/aromatic N) is 2. The second kappa shape index (κ2) is 7.68. The number of nitrogens with two attached hydrogens (primary N) is 1. The highest BCUT2D eigenvalue weighted by atomic mass is 79.9. The van der Waals surface area contributed by atoms with Gasteiger partial charge in [-0.2, -0.15) is 0 Å². The van der Waals surface area contributed by atoms with Crippen molar-refractivity contribution in [3.05, 3.63) is 34.1 Å². The molecular formula is C16H25BrFN3. The van der Waals surface area contributed by atoms with E-state index in [0.29, 0.717) is 12.5 Å². The van der Waals surface area contributed by atoms with Gasteiger partial charge in [-0.1, -0.05) is 29.8 Å². The lowest BCUT2D eigenvalue weighted by Crippen LogP contribution is -2.49. The molecule has 0 spiro atoms. The monoisotopic (exact) mass is 357 g/mol. The third-order valence-corrected chi connectivity index (χ3v) is 4.73.